The molecule has 0 radical (unpaired) electrons. The lowest BCUT2D eigenvalue weighted by Gasteiger charge is -2.43. The van der Waals surface area contributed by atoms with Crippen LogP contribution in [0.3, 0.4) is 0 Å². The number of hydrogen-bond donors (Lipinski definition) is 0. The zero-order valence-corrected chi connectivity index (χ0v) is 20.5. The number of fused-ring (bicyclic) bond motifs is 3. The summed E-state index contributed by atoms with van der Waals surface area (Å²) in [7, 11) is 4.90. The number of carbonyl (C=O) groups is 1. The summed E-state index contributed by atoms with van der Waals surface area (Å²) in [6.45, 7) is 10.7. The highest BCUT2D eigenvalue weighted by Crippen LogP contribution is 2.55. The van der Waals surface area contributed by atoms with Crippen LogP contribution in [0, 0.1) is 3.82 Å². The molecule has 156 valence electrons. The highest BCUT2D eigenvalue weighted by Gasteiger charge is 2.44. The van der Waals surface area contributed by atoms with Gasteiger partial charge in [-0.1, -0.05) is 77.9 Å². The number of anilines is 1. The van der Waals surface area contributed by atoms with Gasteiger partial charge in [-0.25, -0.2) is 0 Å². The molecule has 1 aliphatic heterocycles. The molecule has 0 atom stereocenters. The highest BCUT2D eigenvalue weighted by molar-refractivity contribution is 7.80. The second-order valence-corrected chi connectivity index (χ2v) is 11.9. The molecule has 2 aromatic carbocycles. The number of methoxy groups -OCH3 is 1. The van der Waals surface area contributed by atoms with Gasteiger partial charge in [0, 0.05) is 16.7 Å². The van der Waals surface area contributed by atoms with Gasteiger partial charge < -0.3 is 4.74 Å². The number of benzene rings is 2. The Kier molecular flexibility index (Phi) is 5.16. The smallest absolute Gasteiger partial charge is 0.259 e. The van der Waals surface area contributed by atoms with E-state index in [1.165, 1.54) is 5.56 Å². The second-order valence-electron chi connectivity index (χ2n) is 9.04. The van der Waals surface area contributed by atoms with E-state index in [4.69, 9.17) is 17.0 Å². The molecule has 4 rings (SSSR count). The number of hydrogen-bond acceptors (Lipinski definition) is 5. The first-order chi connectivity index (χ1) is 14.1. The average molecular weight is 456 g/mol. The Hall–Kier alpha value is -2.02. The molecule has 0 saturated carbocycles. The molecule has 3 nitrogen and oxygen atoms in total. The summed E-state index contributed by atoms with van der Waals surface area (Å²) in [6.07, 6.45) is 0. The van der Waals surface area contributed by atoms with Gasteiger partial charge in [-0.2, -0.15) is 0 Å². The predicted octanol–water partition coefficient (Wildman–Crippen LogP) is 7.41. The van der Waals surface area contributed by atoms with E-state index in [0.29, 0.717) is 11.3 Å². The Morgan fingerprint density at radius 3 is 2.33 bits per heavy atom. The van der Waals surface area contributed by atoms with Crippen molar-refractivity contribution >= 4 is 44.5 Å². The molecule has 1 aromatic heterocycles. The monoisotopic (exact) mass is 455 g/mol. The van der Waals surface area contributed by atoms with E-state index in [2.05, 4.69) is 34.6 Å². The van der Waals surface area contributed by atoms with E-state index in [1.807, 2.05) is 47.4 Å². The minimum absolute atomic E-state index is 0.0366. The van der Waals surface area contributed by atoms with Gasteiger partial charge in [0.05, 0.1) is 23.2 Å². The number of amides is 1. The maximum atomic E-state index is 13.9. The SMILES string of the molecule is COc1cccc2c1N(C(=O)c1ccc(C(C)(C)C)cc1)C(C)(C)c1ssc(=S)c1-2. The van der Waals surface area contributed by atoms with Gasteiger partial charge in [0.1, 0.15) is 9.57 Å². The molecule has 30 heavy (non-hydrogen) atoms. The van der Waals surface area contributed by atoms with Gasteiger partial charge >= 0.3 is 0 Å². The molecule has 0 aliphatic carbocycles. The Balaban J connectivity index is 1.92. The molecule has 6 heteroatoms. The Morgan fingerprint density at radius 2 is 1.73 bits per heavy atom. The third-order valence-electron chi connectivity index (χ3n) is 5.66. The fourth-order valence-electron chi connectivity index (χ4n) is 3.99. The first-order valence-electron chi connectivity index (χ1n) is 9.83. The van der Waals surface area contributed by atoms with E-state index in [9.17, 15) is 4.79 Å². The molecular formula is C24H25NO2S3. The van der Waals surface area contributed by atoms with Crippen LogP contribution in [0.1, 0.15) is 55.4 Å². The minimum atomic E-state index is -0.547. The van der Waals surface area contributed by atoms with E-state index < -0.39 is 5.54 Å². The van der Waals surface area contributed by atoms with Crippen molar-refractivity contribution < 1.29 is 9.53 Å². The number of ether oxygens (including phenoxy) is 1. The van der Waals surface area contributed by atoms with Crippen LogP contribution in [0.25, 0.3) is 11.1 Å². The Morgan fingerprint density at radius 1 is 1.07 bits per heavy atom. The summed E-state index contributed by atoms with van der Waals surface area (Å²) in [5.74, 6) is 0.637. The van der Waals surface area contributed by atoms with Crippen molar-refractivity contribution in [3.63, 3.8) is 0 Å². The van der Waals surface area contributed by atoms with Crippen molar-refractivity contribution in [1.29, 1.82) is 0 Å². The van der Waals surface area contributed by atoms with Gasteiger partial charge in [-0.05, 0) is 43.0 Å². The molecule has 0 N–H and O–H groups in total. The molecule has 1 amide bonds. The van der Waals surface area contributed by atoms with E-state index >= 15 is 0 Å². The van der Waals surface area contributed by atoms with Crippen LogP contribution in [-0.4, -0.2) is 13.0 Å². The molecule has 0 spiro atoms. The van der Waals surface area contributed by atoms with Gasteiger partial charge in [0.25, 0.3) is 5.91 Å². The molecule has 0 saturated heterocycles. The van der Waals surface area contributed by atoms with Crippen molar-refractivity contribution in [2.75, 3.05) is 12.0 Å². The van der Waals surface area contributed by atoms with Gasteiger partial charge in [0.15, 0.2) is 0 Å². The zero-order valence-electron chi connectivity index (χ0n) is 18.0. The van der Waals surface area contributed by atoms with Crippen molar-refractivity contribution in [3.8, 4) is 16.9 Å². The molecule has 3 aromatic rings. The van der Waals surface area contributed by atoms with Crippen molar-refractivity contribution in [3.05, 3.63) is 62.3 Å². The van der Waals surface area contributed by atoms with E-state index in [0.717, 1.165) is 25.5 Å². The van der Waals surface area contributed by atoms with E-state index in [1.54, 1.807) is 27.8 Å². The second kappa shape index (κ2) is 7.29. The Bertz CT molecular complexity index is 1180. The molecule has 0 fully saturated rings. The summed E-state index contributed by atoms with van der Waals surface area (Å²) < 4.78 is 6.56. The van der Waals surface area contributed by atoms with Crippen LogP contribution in [0.15, 0.2) is 42.5 Å². The summed E-state index contributed by atoms with van der Waals surface area (Å²) in [6, 6.07) is 13.8. The lowest BCUT2D eigenvalue weighted by Crippen LogP contribution is -2.48. The summed E-state index contributed by atoms with van der Waals surface area (Å²) in [5, 5.41) is 0. The van der Waals surface area contributed by atoms with Gasteiger partial charge in [-0.3, -0.25) is 9.69 Å². The zero-order chi connectivity index (χ0) is 21.8. The summed E-state index contributed by atoms with van der Waals surface area (Å²) in [4.78, 5) is 16.9. The number of nitrogens with zero attached hydrogens (tertiary/aromatic N) is 1. The standard InChI is InChI=1S/C24H25NO2S3/c1-23(2,3)15-12-10-14(11-13-15)21(26)25-19-16(8-7-9-17(19)27-6)18-20(24(25,4)5)29-30-22(18)28/h7-13H,1-6H3. The maximum absolute atomic E-state index is 13.9. The lowest BCUT2D eigenvalue weighted by atomic mass is 9.85. The third-order valence-corrected chi connectivity index (χ3v) is 8.99. The minimum Gasteiger partial charge on any atom is -0.495 e. The first-order valence-corrected chi connectivity index (χ1v) is 12.4. The molecule has 0 unspecified atom stereocenters. The van der Waals surface area contributed by atoms with Crippen LogP contribution in [0.4, 0.5) is 5.69 Å². The third kappa shape index (κ3) is 3.22. The fraction of sp³-hybridized carbons (Fsp3) is 0.333. The number of carbonyl (C=O) groups excluding carboxylic acids is 1. The highest BCUT2D eigenvalue weighted by atomic mass is 32.9. The number of para-hydroxylation sites is 1. The first kappa shape index (κ1) is 21.2. The van der Waals surface area contributed by atoms with Gasteiger partial charge in [-0.15, -0.1) is 0 Å². The van der Waals surface area contributed by atoms with Crippen LogP contribution >= 0.6 is 32.9 Å². The van der Waals surface area contributed by atoms with E-state index in [-0.39, 0.29) is 11.3 Å². The van der Waals surface area contributed by atoms with Crippen LogP contribution in [-0.2, 0) is 11.0 Å². The normalized spacial score (nSPS) is 14.8. The molecule has 1 aliphatic rings. The molecule has 2 heterocycles. The van der Waals surface area contributed by atoms with Crippen molar-refractivity contribution in [2.24, 2.45) is 0 Å². The van der Waals surface area contributed by atoms with Crippen LogP contribution in [0.2, 0.25) is 0 Å². The largest absolute Gasteiger partial charge is 0.495 e. The summed E-state index contributed by atoms with van der Waals surface area (Å²) >= 11 is 5.66. The quantitative estimate of drug-likeness (QED) is 0.298. The van der Waals surface area contributed by atoms with Gasteiger partial charge in [0.2, 0.25) is 0 Å². The number of rotatable bonds is 2. The predicted molar refractivity (Wildman–Crippen MR) is 130 cm³/mol. The molecule has 0 bridgehead atoms. The fourth-order valence-corrected chi connectivity index (χ4v) is 7.27. The topological polar surface area (TPSA) is 29.5 Å². The van der Waals surface area contributed by atoms with Crippen molar-refractivity contribution in [2.45, 2.75) is 45.6 Å². The van der Waals surface area contributed by atoms with Crippen LogP contribution < -0.4 is 9.64 Å². The van der Waals surface area contributed by atoms with Crippen molar-refractivity contribution in [1.82, 2.24) is 0 Å². The van der Waals surface area contributed by atoms with Crippen LogP contribution in [0.5, 0.6) is 5.75 Å². The Labute approximate surface area is 190 Å². The maximum Gasteiger partial charge on any atom is 0.259 e. The summed E-state index contributed by atoms with van der Waals surface area (Å²) in [5.41, 5.74) is 4.17. The average Bonchev–Trinajstić information content (AvgIpc) is 3.09. The lowest BCUT2D eigenvalue weighted by molar-refractivity contribution is 0.0960. The molecular weight excluding hydrogens is 430 g/mol.